The molecule has 0 radical (unpaired) electrons. The van der Waals surface area contributed by atoms with E-state index in [-0.39, 0.29) is 5.01 Å². The van der Waals surface area contributed by atoms with Crippen LogP contribution in [0.2, 0.25) is 0 Å². The van der Waals surface area contributed by atoms with E-state index in [1.807, 2.05) is 0 Å². The second kappa shape index (κ2) is 4.72. The first-order chi connectivity index (χ1) is 7.25. The lowest BCUT2D eigenvalue weighted by molar-refractivity contribution is 0.0695. The lowest BCUT2D eigenvalue weighted by atomic mass is 10.3. The summed E-state index contributed by atoms with van der Waals surface area (Å²) < 4.78 is 5.41. The van der Waals surface area contributed by atoms with Gasteiger partial charge in [-0.2, -0.15) is 0 Å². The number of thiazole rings is 1. The van der Waals surface area contributed by atoms with Crippen LogP contribution in [0.1, 0.15) is 34.8 Å². The fourth-order valence-electron chi connectivity index (χ4n) is 1.30. The molecule has 82 valence electrons. The van der Waals surface area contributed by atoms with Gasteiger partial charge in [0.25, 0.3) is 0 Å². The first-order valence-corrected chi connectivity index (χ1v) is 5.89. The largest absolute Gasteiger partial charge is 0.476 e. The number of hydrogen-bond acceptors (Lipinski definition) is 4. The lowest BCUT2D eigenvalue weighted by Crippen LogP contribution is -1.99. The number of carbonyl (C=O) groups is 1. The van der Waals surface area contributed by atoms with Gasteiger partial charge < -0.3 is 9.84 Å². The Hall–Kier alpha value is -0.940. The zero-order valence-corrected chi connectivity index (χ0v) is 9.13. The molecule has 2 rings (SSSR count). The number of hydrogen-bond donors (Lipinski definition) is 1. The summed E-state index contributed by atoms with van der Waals surface area (Å²) in [5, 5.41) is 10.5. The van der Waals surface area contributed by atoms with Gasteiger partial charge in [-0.05, 0) is 12.3 Å². The maximum absolute atomic E-state index is 10.5. The van der Waals surface area contributed by atoms with E-state index >= 15 is 0 Å². The van der Waals surface area contributed by atoms with Gasteiger partial charge in [-0.25, -0.2) is 9.78 Å². The Morgan fingerprint density at radius 3 is 3.07 bits per heavy atom. The quantitative estimate of drug-likeness (QED) is 0.756. The zero-order valence-electron chi connectivity index (χ0n) is 8.31. The van der Waals surface area contributed by atoms with E-state index in [0.717, 1.165) is 30.3 Å². The highest BCUT2D eigenvalue weighted by Crippen LogP contribution is 2.32. The number of nitrogens with zero attached hydrogens (tertiary/aromatic N) is 1. The third-order valence-corrected chi connectivity index (χ3v) is 3.23. The molecule has 1 heterocycles. The highest BCUT2D eigenvalue weighted by atomic mass is 32.1. The van der Waals surface area contributed by atoms with Crippen molar-refractivity contribution in [3.8, 4) is 0 Å². The van der Waals surface area contributed by atoms with E-state index in [9.17, 15) is 4.79 Å². The Balaban J connectivity index is 1.70. The summed E-state index contributed by atoms with van der Waals surface area (Å²) in [6.07, 6.45) is 3.79. The smallest absolute Gasteiger partial charge is 0.365 e. The van der Waals surface area contributed by atoms with E-state index in [4.69, 9.17) is 9.84 Å². The van der Waals surface area contributed by atoms with Gasteiger partial charge >= 0.3 is 5.97 Å². The van der Waals surface area contributed by atoms with Crippen molar-refractivity contribution in [2.24, 2.45) is 5.92 Å². The third-order valence-electron chi connectivity index (χ3n) is 2.35. The van der Waals surface area contributed by atoms with Crippen molar-refractivity contribution < 1.29 is 14.6 Å². The Morgan fingerprint density at radius 2 is 2.47 bits per heavy atom. The maximum Gasteiger partial charge on any atom is 0.365 e. The van der Waals surface area contributed by atoms with Crippen molar-refractivity contribution >= 4 is 17.3 Å². The van der Waals surface area contributed by atoms with Crippen LogP contribution in [0.25, 0.3) is 0 Å². The Labute approximate surface area is 91.9 Å². The molecular formula is C10H13NO3S. The molecule has 0 saturated heterocycles. The van der Waals surface area contributed by atoms with Gasteiger partial charge in [0.1, 0.15) is 0 Å². The molecule has 0 unspecified atom stereocenters. The average molecular weight is 227 g/mol. The summed E-state index contributed by atoms with van der Waals surface area (Å²) in [6.45, 7) is 1.18. The first kappa shape index (κ1) is 10.6. The maximum atomic E-state index is 10.5. The van der Waals surface area contributed by atoms with Gasteiger partial charge in [0.05, 0.1) is 12.3 Å². The minimum atomic E-state index is -0.968. The minimum Gasteiger partial charge on any atom is -0.476 e. The van der Waals surface area contributed by atoms with Crippen LogP contribution >= 0.6 is 11.3 Å². The average Bonchev–Trinajstić information content (AvgIpc) is 2.90. The molecule has 4 nitrogen and oxygen atoms in total. The van der Waals surface area contributed by atoms with Gasteiger partial charge in [0.2, 0.25) is 5.01 Å². The molecule has 0 spiro atoms. The summed E-state index contributed by atoms with van der Waals surface area (Å²) in [4.78, 5) is 14.5. The van der Waals surface area contributed by atoms with E-state index in [2.05, 4.69) is 4.98 Å². The summed E-state index contributed by atoms with van der Waals surface area (Å²) in [6, 6.07) is 0. The SMILES string of the molecule is O=C(O)c1nc(COCCC2CC2)cs1. The number of carboxylic acid groups (broad SMARTS) is 1. The van der Waals surface area contributed by atoms with Crippen LogP contribution in [0, 0.1) is 5.92 Å². The molecule has 1 aliphatic rings. The predicted octanol–water partition coefficient (Wildman–Crippen LogP) is 2.16. The summed E-state index contributed by atoms with van der Waals surface area (Å²) in [5.74, 6) is -0.0979. The van der Waals surface area contributed by atoms with Gasteiger partial charge in [0.15, 0.2) is 0 Å². The standard InChI is InChI=1S/C10H13NO3S/c12-10(13)9-11-8(6-15-9)5-14-4-3-7-1-2-7/h6-7H,1-5H2,(H,12,13). The Kier molecular flexibility index (Phi) is 3.33. The minimum absolute atomic E-state index is 0.135. The summed E-state index contributed by atoms with van der Waals surface area (Å²) in [5.41, 5.74) is 0.716. The highest BCUT2D eigenvalue weighted by Gasteiger charge is 2.20. The van der Waals surface area contributed by atoms with Crippen LogP contribution in [-0.4, -0.2) is 22.7 Å². The molecule has 0 bridgehead atoms. The number of aromatic nitrogens is 1. The van der Waals surface area contributed by atoms with Crippen molar-refractivity contribution in [3.05, 3.63) is 16.1 Å². The van der Waals surface area contributed by atoms with Gasteiger partial charge in [0, 0.05) is 12.0 Å². The molecule has 1 N–H and O–H groups in total. The van der Waals surface area contributed by atoms with Crippen molar-refractivity contribution in [1.29, 1.82) is 0 Å². The highest BCUT2D eigenvalue weighted by molar-refractivity contribution is 7.11. The topological polar surface area (TPSA) is 59.4 Å². The molecule has 15 heavy (non-hydrogen) atoms. The summed E-state index contributed by atoms with van der Waals surface area (Å²) >= 11 is 1.14. The molecule has 0 atom stereocenters. The molecule has 1 aromatic heterocycles. The van der Waals surface area contributed by atoms with E-state index in [1.54, 1.807) is 5.38 Å². The number of ether oxygens (including phenoxy) is 1. The van der Waals surface area contributed by atoms with Crippen molar-refractivity contribution in [3.63, 3.8) is 0 Å². The Bertz CT molecular complexity index is 346. The molecule has 0 aromatic carbocycles. The van der Waals surface area contributed by atoms with E-state index < -0.39 is 5.97 Å². The van der Waals surface area contributed by atoms with Gasteiger partial charge in [-0.15, -0.1) is 11.3 Å². The fraction of sp³-hybridized carbons (Fsp3) is 0.600. The second-order valence-electron chi connectivity index (χ2n) is 3.73. The van der Waals surface area contributed by atoms with Crippen molar-refractivity contribution in [1.82, 2.24) is 4.98 Å². The van der Waals surface area contributed by atoms with Crippen molar-refractivity contribution in [2.45, 2.75) is 25.9 Å². The first-order valence-electron chi connectivity index (χ1n) is 5.01. The van der Waals surface area contributed by atoms with Gasteiger partial charge in [-0.3, -0.25) is 0 Å². The van der Waals surface area contributed by atoms with Crippen LogP contribution in [0.5, 0.6) is 0 Å². The molecule has 5 heteroatoms. The third kappa shape index (κ3) is 3.28. The molecular weight excluding hydrogens is 214 g/mol. The number of rotatable bonds is 6. The normalized spacial score (nSPS) is 15.5. The van der Waals surface area contributed by atoms with Gasteiger partial charge in [-0.1, -0.05) is 12.8 Å². The monoisotopic (exact) mass is 227 g/mol. The Morgan fingerprint density at radius 1 is 1.67 bits per heavy atom. The number of aromatic carboxylic acids is 1. The zero-order chi connectivity index (χ0) is 10.7. The van der Waals surface area contributed by atoms with E-state index in [1.165, 1.54) is 12.8 Å². The summed E-state index contributed by atoms with van der Waals surface area (Å²) in [7, 11) is 0. The lowest BCUT2D eigenvalue weighted by Gasteiger charge is -1.99. The van der Waals surface area contributed by atoms with Crippen LogP contribution in [-0.2, 0) is 11.3 Å². The van der Waals surface area contributed by atoms with Crippen LogP contribution in [0.3, 0.4) is 0 Å². The molecule has 0 amide bonds. The molecule has 1 aliphatic carbocycles. The molecule has 1 saturated carbocycles. The van der Waals surface area contributed by atoms with Crippen LogP contribution in [0.4, 0.5) is 0 Å². The molecule has 1 fully saturated rings. The fourth-order valence-corrected chi connectivity index (χ4v) is 1.94. The number of carboxylic acids is 1. The predicted molar refractivity (Wildman–Crippen MR) is 56.1 cm³/mol. The van der Waals surface area contributed by atoms with E-state index in [0.29, 0.717) is 12.3 Å². The van der Waals surface area contributed by atoms with Crippen LogP contribution in [0.15, 0.2) is 5.38 Å². The molecule has 1 aromatic rings. The second-order valence-corrected chi connectivity index (χ2v) is 4.59. The molecule has 0 aliphatic heterocycles. The van der Waals surface area contributed by atoms with Crippen LogP contribution < -0.4 is 0 Å². The van der Waals surface area contributed by atoms with Crippen molar-refractivity contribution in [2.75, 3.05) is 6.61 Å².